The number of unbranched alkanes of at least 4 members (excludes halogenated alkanes) is 3. The molecule has 1 aliphatic carbocycles. The average molecular weight is 384 g/mol. The fraction of sp³-hybridized carbons (Fsp3) is 0.625. The molecule has 28 heavy (non-hydrogen) atoms. The summed E-state index contributed by atoms with van der Waals surface area (Å²) in [7, 11) is 0. The first kappa shape index (κ1) is 19.5. The van der Waals surface area contributed by atoms with Gasteiger partial charge < -0.3 is 14.1 Å². The molecule has 2 aliphatic rings. The van der Waals surface area contributed by atoms with Crippen LogP contribution in [-0.4, -0.2) is 31.1 Å². The Kier molecular flexibility index (Phi) is 6.69. The summed E-state index contributed by atoms with van der Waals surface area (Å²) in [5.41, 5.74) is 0.728. The minimum Gasteiger partial charge on any atom is -0.494 e. The third-order valence-electron chi connectivity index (χ3n) is 6.31. The van der Waals surface area contributed by atoms with Crippen LogP contribution in [0.25, 0.3) is 11.0 Å². The molecule has 152 valence electrons. The highest BCUT2D eigenvalue weighted by Crippen LogP contribution is 2.36. The van der Waals surface area contributed by atoms with E-state index in [-0.39, 0.29) is 5.43 Å². The first-order valence-corrected chi connectivity index (χ1v) is 11.2. The fourth-order valence-electron chi connectivity index (χ4n) is 4.30. The summed E-state index contributed by atoms with van der Waals surface area (Å²) in [6.45, 7) is 4.55. The Morgan fingerprint density at radius 1 is 0.964 bits per heavy atom. The van der Waals surface area contributed by atoms with Crippen molar-refractivity contribution in [3.63, 3.8) is 0 Å². The maximum absolute atomic E-state index is 12.5. The number of ether oxygens (including phenoxy) is 1. The number of hydrogen-bond acceptors (Lipinski definition) is 4. The van der Waals surface area contributed by atoms with E-state index in [1.807, 2.05) is 18.2 Å². The molecule has 0 amide bonds. The molecule has 1 saturated heterocycles. The van der Waals surface area contributed by atoms with Crippen LogP contribution in [0, 0.1) is 0 Å². The summed E-state index contributed by atoms with van der Waals surface area (Å²) >= 11 is 0. The van der Waals surface area contributed by atoms with Crippen LogP contribution in [0.3, 0.4) is 0 Å². The van der Waals surface area contributed by atoms with Crippen molar-refractivity contribution < 1.29 is 9.15 Å². The van der Waals surface area contributed by atoms with Crippen molar-refractivity contribution in [1.82, 2.24) is 4.90 Å². The third-order valence-corrected chi connectivity index (χ3v) is 6.31. The second kappa shape index (κ2) is 9.60. The number of rotatable bonds is 9. The molecule has 2 aromatic rings. The highest BCUT2D eigenvalue weighted by atomic mass is 16.5. The topological polar surface area (TPSA) is 42.7 Å². The van der Waals surface area contributed by atoms with Gasteiger partial charge in [-0.3, -0.25) is 4.79 Å². The number of benzene rings is 1. The molecule has 4 rings (SSSR count). The lowest BCUT2D eigenvalue weighted by Crippen LogP contribution is -2.30. The molecule has 0 bridgehead atoms. The molecule has 4 heteroatoms. The zero-order chi connectivity index (χ0) is 19.2. The van der Waals surface area contributed by atoms with Gasteiger partial charge in [0.15, 0.2) is 5.43 Å². The van der Waals surface area contributed by atoms with Crippen molar-refractivity contribution in [2.45, 2.75) is 70.1 Å². The number of fused-ring (bicyclic) bond motifs is 1. The van der Waals surface area contributed by atoms with Crippen LogP contribution >= 0.6 is 0 Å². The van der Waals surface area contributed by atoms with E-state index in [4.69, 9.17) is 9.15 Å². The average Bonchev–Trinajstić information content (AvgIpc) is 2.67. The normalized spacial score (nSPS) is 18.3. The Balaban J connectivity index is 1.20. The van der Waals surface area contributed by atoms with E-state index in [0.717, 1.165) is 30.8 Å². The van der Waals surface area contributed by atoms with Crippen LogP contribution in [-0.2, 0) is 0 Å². The summed E-state index contributed by atoms with van der Waals surface area (Å²) in [6, 6.07) is 7.32. The summed E-state index contributed by atoms with van der Waals surface area (Å²) in [5, 5.41) is 0.627. The molecule has 2 heterocycles. The lowest BCUT2D eigenvalue weighted by atomic mass is 9.83. The molecule has 2 fully saturated rings. The summed E-state index contributed by atoms with van der Waals surface area (Å²) in [5.74, 6) is 2.05. The van der Waals surface area contributed by atoms with Gasteiger partial charge in [0, 0.05) is 12.0 Å². The Morgan fingerprint density at radius 2 is 1.79 bits per heavy atom. The van der Waals surface area contributed by atoms with Crippen molar-refractivity contribution in [2.24, 2.45) is 0 Å². The number of piperidine rings is 1. The minimum absolute atomic E-state index is 0.0475. The number of nitrogens with zero attached hydrogens (tertiary/aromatic N) is 1. The first-order chi connectivity index (χ1) is 13.8. The van der Waals surface area contributed by atoms with Gasteiger partial charge in [-0.2, -0.15) is 0 Å². The zero-order valence-electron chi connectivity index (χ0n) is 17.0. The minimum atomic E-state index is 0.0475. The summed E-state index contributed by atoms with van der Waals surface area (Å²) in [4.78, 5) is 15.1. The quantitative estimate of drug-likeness (QED) is 0.537. The number of likely N-dealkylation sites (tertiary alicyclic amines) is 1. The molecule has 4 nitrogen and oxygen atoms in total. The fourth-order valence-corrected chi connectivity index (χ4v) is 4.30. The van der Waals surface area contributed by atoms with Gasteiger partial charge in [-0.1, -0.05) is 25.7 Å². The van der Waals surface area contributed by atoms with E-state index in [2.05, 4.69) is 4.90 Å². The predicted molar refractivity (Wildman–Crippen MR) is 113 cm³/mol. The van der Waals surface area contributed by atoms with Gasteiger partial charge in [-0.15, -0.1) is 0 Å². The van der Waals surface area contributed by atoms with Gasteiger partial charge in [-0.05, 0) is 76.4 Å². The van der Waals surface area contributed by atoms with Crippen LogP contribution in [0.2, 0.25) is 0 Å². The van der Waals surface area contributed by atoms with Crippen LogP contribution in [0.4, 0.5) is 0 Å². The second-order valence-electron chi connectivity index (χ2n) is 8.46. The van der Waals surface area contributed by atoms with Gasteiger partial charge in [0.1, 0.15) is 17.1 Å². The first-order valence-electron chi connectivity index (χ1n) is 11.2. The molecule has 0 unspecified atom stereocenters. The molecule has 1 aromatic heterocycles. The van der Waals surface area contributed by atoms with Crippen LogP contribution in [0.15, 0.2) is 33.5 Å². The molecule has 0 radical (unpaired) electrons. The van der Waals surface area contributed by atoms with Crippen molar-refractivity contribution in [3.8, 4) is 5.75 Å². The largest absolute Gasteiger partial charge is 0.494 e. The van der Waals surface area contributed by atoms with E-state index in [9.17, 15) is 4.79 Å². The molecule has 0 atom stereocenters. The van der Waals surface area contributed by atoms with Gasteiger partial charge in [0.2, 0.25) is 0 Å². The van der Waals surface area contributed by atoms with Crippen molar-refractivity contribution in [1.29, 1.82) is 0 Å². The van der Waals surface area contributed by atoms with E-state index < -0.39 is 0 Å². The molecule has 0 spiro atoms. The summed E-state index contributed by atoms with van der Waals surface area (Å²) in [6.07, 6.45) is 12.5. The molecule has 1 aromatic carbocycles. The SMILES string of the molecule is O=c1cc(C2CCC2)oc2ccc(OCCCCCCN3CCCCC3)cc12. The molecular weight excluding hydrogens is 350 g/mol. The lowest BCUT2D eigenvalue weighted by molar-refractivity contribution is 0.223. The highest BCUT2D eigenvalue weighted by molar-refractivity contribution is 5.78. The van der Waals surface area contributed by atoms with Gasteiger partial charge in [-0.25, -0.2) is 0 Å². The van der Waals surface area contributed by atoms with E-state index in [1.165, 1.54) is 64.6 Å². The van der Waals surface area contributed by atoms with Crippen LogP contribution in [0.5, 0.6) is 5.75 Å². The maximum atomic E-state index is 12.5. The molecule has 1 saturated carbocycles. The van der Waals surface area contributed by atoms with Gasteiger partial charge in [0.25, 0.3) is 0 Å². The predicted octanol–water partition coefficient (Wildman–Crippen LogP) is 5.49. The second-order valence-corrected chi connectivity index (χ2v) is 8.46. The maximum Gasteiger partial charge on any atom is 0.193 e. The monoisotopic (exact) mass is 383 g/mol. The summed E-state index contributed by atoms with van der Waals surface area (Å²) < 4.78 is 11.8. The van der Waals surface area contributed by atoms with E-state index >= 15 is 0 Å². The molecular formula is C24H33NO3. The van der Waals surface area contributed by atoms with E-state index in [0.29, 0.717) is 23.5 Å². The lowest BCUT2D eigenvalue weighted by Gasteiger charge is -2.26. The van der Waals surface area contributed by atoms with Crippen LogP contribution in [0.1, 0.15) is 75.9 Å². The van der Waals surface area contributed by atoms with Crippen molar-refractivity contribution >= 4 is 11.0 Å². The third kappa shape index (κ3) is 4.96. The smallest absolute Gasteiger partial charge is 0.193 e. The Bertz CT molecular complexity index is 818. The van der Waals surface area contributed by atoms with Crippen molar-refractivity contribution in [3.05, 3.63) is 40.2 Å². The Hall–Kier alpha value is -1.81. The van der Waals surface area contributed by atoms with E-state index in [1.54, 1.807) is 6.07 Å². The number of hydrogen-bond donors (Lipinski definition) is 0. The zero-order valence-corrected chi connectivity index (χ0v) is 17.0. The Labute approximate surface area is 167 Å². The Morgan fingerprint density at radius 3 is 2.57 bits per heavy atom. The molecule has 0 N–H and O–H groups in total. The van der Waals surface area contributed by atoms with Gasteiger partial charge in [0.05, 0.1) is 12.0 Å². The van der Waals surface area contributed by atoms with Gasteiger partial charge >= 0.3 is 0 Å². The van der Waals surface area contributed by atoms with Crippen molar-refractivity contribution in [2.75, 3.05) is 26.2 Å². The van der Waals surface area contributed by atoms with Crippen LogP contribution < -0.4 is 10.2 Å². The highest BCUT2D eigenvalue weighted by Gasteiger charge is 2.23. The standard InChI is InChI=1S/C24H33NO3/c26-22-18-24(19-9-8-10-19)28-23-12-11-20(17-21(22)23)27-16-7-2-1-4-13-25-14-5-3-6-15-25/h11-12,17-19H,1-10,13-16H2. The molecule has 1 aliphatic heterocycles.